The number of hydrogen-bond donors (Lipinski definition) is 1. The molecule has 0 amide bonds. The average Bonchev–Trinajstić information content (AvgIpc) is 2.84. The van der Waals surface area contributed by atoms with Crippen molar-refractivity contribution >= 4 is 0 Å². The number of halogens is 3. The molecule has 0 saturated carbocycles. The average molecular weight is 297 g/mol. The Morgan fingerprint density at radius 1 is 1.29 bits per heavy atom. The molecule has 3 nitrogen and oxygen atoms in total. The molecule has 0 saturated heterocycles. The van der Waals surface area contributed by atoms with Crippen molar-refractivity contribution in [3.63, 3.8) is 0 Å². The van der Waals surface area contributed by atoms with Gasteiger partial charge < -0.3 is 5.73 Å². The Balaban J connectivity index is 2.44. The van der Waals surface area contributed by atoms with Crippen LogP contribution in [-0.4, -0.2) is 15.8 Å². The van der Waals surface area contributed by atoms with Gasteiger partial charge in [0.05, 0.1) is 16.9 Å². The minimum Gasteiger partial charge on any atom is -0.327 e. The Labute approximate surface area is 121 Å². The quantitative estimate of drug-likeness (QED) is 0.939. The van der Waals surface area contributed by atoms with Gasteiger partial charge in [-0.15, -0.1) is 0 Å². The van der Waals surface area contributed by atoms with E-state index < -0.39 is 11.7 Å². The van der Waals surface area contributed by atoms with Gasteiger partial charge in [-0.3, -0.25) is 0 Å². The SMILES string of the molecule is CCC(N)Cc1ccc(-n2ccc(C)n2)cc1C(F)(F)F. The fraction of sp³-hybridized carbons (Fsp3) is 0.400. The lowest BCUT2D eigenvalue weighted by molar-refractivity contribution is -0.138. The second kappa shape index (κ2) is 5.89. The summed E-state index contributed by atoms with van der Waals surface area (Å²) in [7, 11) is 0. The standard InChI is InChI=1S/C15H18F3N3/c1-3-12(19)8-11-4-5-13(9-14(11)15(16,17)18)21-7-6-10(2)20-21/h4-7,9,12H,3,8,19H2,1-2H3. The molecule has 1 aromatic carbocycles. The molecule has 0 radical (unpaired) electrons. The predicted molar refractivity (Wildman–Crippen MR) is 75.3 cm³/mol. The fourth-order valence-electron chi connectivity index (χ4n) is 2.13. The third-order valence-corrected chi connectivity index (χ3v) is 3.39. The summed E-state index contributed by atoms with van der Waals surface area (Å²) >= 11 is 0. The molecular weight excluding hydrogens is 279 g/mol. The van der Waals surface area contributed by atoms with E-state index in [2.05, 4.69) is 5.10 Å². The normalized spacial score (nSPS) is 13.4. The van der Waals surface area contributed by atoms with Gasteiger partial charge in [-0.25, -0.2) is 4.68 Å². The zero-order valence-corrected chi connectivity index (χ0v) is 12.0. The maximum Gasteiger partial charge on any atom is 0.416 e. The van der Waals surface area contributed by atoms with E-state index in [4.69, 9.17) is 5.73 Å². The number of benzene rings is 1. The number of aromatic nitrogens is 2. The van der Waals surface area contributed by atoms with Gasteiger partial charge in [0.2, 0.25) is 0 Å². The van der Waals surface area contributed by atoms with Gasteiger partial charge in [-0.1, -0.05) is 13.0 Å². The predicted octanol–water partition coefficient (Wildman–Crippen LogP) is 3.48. The molecule has 0 aliphatic heterocycles. The molecule has 0 fully saturated rings. The first-order valence-electron chi connectivity index (χ1n) is 6.79. The highest BCUT2D eigenvalue weighted by Gasteiger charge is 2.34. The maximum absolute atomic E-state index is 13.2. The molecule has 21 heavy (non-hydrogen) atoms. The van der Waals surface area contributed by atoms with Crippen LogP contribution in [0.25, 0.3) is 5.69 Å². The van der Waals surface area contributed by atoms with E-state index in [0.29, 0.717) is 12.1 Å². The van der Waals surface area contributed by atoms with Crippen LogP contribution in [0.5, 0.6) is 0 Å². The van der Waals surface area contributed by atoms with Crippen LogP contribution in [-0.2, 0) is 12.6 Å². The largest absolute Gasteiger partial charge is 0.416 e. The molecule has 1 unspecified atom stereocenters. The molecule has 1 aromatic heterocycles. The minimum absolute atomic E-state index is 0.212. The monoisotopic (exact) mass is 297 g/mol. The summed E-state index contributed by atoms with van der Waals surface area (Å²) in [5.41, 5.74) is 6.51. The minimum atomic E-state index is -4.40. The van der Waals surface area contributed by atoms with Gasteiger partial charge in [0.15, 0.2) is 0 Å². The van der Waals surface area contributed by atoms with Crippen LogP contribution in [0.2, 0.25) is 0 Å². The van der Waals surface area contributed by atoms with Gasteiger partial charge in [-0.2, -0.15) is 18.3 Å². The van der Waals surface area contributed by atoms with E-state index in [1.807, 2.05) is 6.92 Å². The van der Waals surface area contributed by atoms with Crippen LogP contribution in [0, 0.1) is 6.92 Å². The summed E-state index contributed by atoms with van der Waals surface area (Å²) in [5.74, 6) is 0. The van der Waals surface area contributed by atoms with Crippen molar-refractivity contribution in [1.29, 1.82) is 0 Å². The highest BCUT2D eigenvalue weighted by atomic mass is 19.4. The molecule has 114 valence electrons. The molecule has 1 atom stereocenters. The molecule has 2 aromatic rings. The van der Waals surface area contributed by atoms with Gasteiger partial charge in [0, 0.05) is 12.2 Å². The molecule has 0 aliphatic carbocycles. The van der Waals surface area contributed by atoms with Crippen LogP contribution >= 0.6 is 0 Å². The Morgan fingerprint density at radius 2 is 2.00 bits per heavy atom. The molecule has 6 heteroatoms. The molecule has 1 heterocycles. The Hall–Kier alpha value is -1.82. The molecule has 0 spiro atoms. The zero-order valence-electron chi connectivity index (χ0n) is 12.0. The lowest BCUT2D eigenvalue weighted by Crippen LogP contribution is -2.23. The summed E-state index contributed by atoms with van der Waals surface area (Å²) in [6.45, 7) is 3.65. The van der Waals surface area contributed by atoms with Gasteiger partial charge >= 0.3 is 6.18 Å². The van der Waals surface area contributed by atoms with Gasteiger partial charge in [0.1, 0.15) is 0 Å². The molecular formula is C15H18F3N3. The van der Waals surface area contributed by atoms with Crippen LogP contribution in [0.15, 0.2) is 30.5 Å². The van der Waals surface area contributed by atoms with Crippen molar-refractivity contribution in [3.05, 3.63) is 47.3 Å². The third kappa shape index (κ3) is 3.64. The van der Waals surface area contributed by atoms with Crippen LogP contribution < -0.4 is 5.73 Å². The number of aryl methyl sites for hydroxylation is 1. The second-order valence-corrected chi connectivity index (χ2v) is 5.11. The molecule has 0 bridgehead atoms. The van der Waals surface area contributed by atoms with Gasteiger partial charge in [0.25, 0.3) is 0 Å². The summed E-state index contributed by atoms with van der Waals surface area (Å²) < 4.78 is 41.1. The Morgan fingerprint density at radius 3 is 2.52 bits per heavy atom. The van der Waals surface area contributed by atoms with Crippen LogP contribution in [0.1, 0.15) is 30.2 Å². The number of nitrogens with zero attached hydrogens (tertiary/aromatic N) is 2. The lowest BCUT2D eigenvalue weighted by Gasteiger charge is -2.17. The Kier molecular flexibility index (Phi) is 4.37. The van der Waals surface area contributed by atoms with E-state index in [9.17, 15) is 13.2 Å². The molecule has 2 N–H and O–H groups in total. The van der Waals surface area contributed by atoms with E-state index in [1.165, 1.54) is 10.7 Å². The number of hydrogen-bond acceptors (Lipinski definition) is 2. The van der Waals surface area contributed by atoms with Crippen molar-refractivity contribution in [2.75, 3.05) is 0 Å². The first kappa shape index (κ1) is 15.6. The van der Waals surface area contributed by atoms with E-state index in [1.54, 1.807) is 25.3 Å². The Bertz CT molecular complexity index is 617. The van der Waals surface area contributed by atoms with E-state index >= 15 is 0 Å². The van der Waals surface area contributed by atoms with Crippen molar-refractivity contribution in [1.82, 2.24) is 9.78 Å². The highest BCUT2D eigenvalue weighted by molar-refractivity contribution is 5.42. The van der Waals surface area contributed by atoms with Crippen molar-refractivity contribution < 1.29 is 13.2 Å². The first-order valence-corrected chi connectivity index (χ1v) is 6.79. The molecule has 2 rings (SSSR count). The van der Waals surface area contributed by atoms with E-state index in [0.717, 1.165) is 11.8 Å². The first-order chi connectivity index (χ1) is 9.81. The van der Waals surface area contributed by atoms with Crippen LogP contribution in [0.4, 0.5) is 13.2 Å². The smallest absolute Gasteiger partial charge is 0.327 e. The fourth-order valence-corrected chi connectivity index (χ4v) is 2.13. The topological polar surface area (TPSA) is 43.8 Å². The summed E-state index contributed by atoms with van der Waals surface area (Å²) in [5, 5.41) is 4.14. The van der Waals surface area contributed by atoms with Crippen molar-refractivity contribution in [2.24, 2.45) is 5.73 Å². The summed E-state index contributed by atoms with van der Waals surface area (Å²) in [4.78, 5) is 0. The highest BCUT2D eigenvalue weighted by Crippen LogP contribution is 2.34. The van der Waals surface area contributed by atoms with Crippen molar-refractivity contribution in [2.45, 2.75) is 38.9 Å². The third-order valence-electron chi connectivity index (χ3n) is 3.39. The molecule has 0 aliphatic rings. The second-order valence-electron chi connectivity index (χ2n) is 5.11. The number of nitrogens with two attached hydrogens (primary N) is 1. The number of alkyl halides is 3. The summed E-state index contributed by atoms with van der Waals surface area (Å²) in [6.07, 6.45) is -1.91. The van der Waals surface area contributed by atoms with E-state index in [-0.39, 0.29) is 18.0 Å². The number of rotatable bonds is 4. The maximum atomic E-state index is 13.2. The summed E-state index contributed by atoms with van der Waals surface area (Å²) in [6, 6.07) is 5.73. The van der Waals surface area contributed by atoms with Gasteiger partial charge in [-0.05, 0) is 43.5 Å². The lowest BCUT2D eigenvalue weighted by atomic mass is 9.98. The zero-order chi connectivity index (χ0) is 15.6. The van der Waals surface area contributed by atoms with Crippen molar-refractivity contribution in [3.8, 4) is 5.69 Å². The van der Waals surface area contributed by atoms with Crippen LogP contribution in [0.3, 0.4) is 0 Å².